The van der Waals surface area contributed by atoms with E-state index in [1.54, 1.807) is 7.11 Å². The van der Waals surface area contributed by atoms with Crippen LogP contribution in [0.4, 0.5) is 0 Å². The molecule has 0 radical (unpaired) electrons. The highest BCUT2D eigenvalue weighted by Gasteiger charge is 2.20. The number of likely N-dealkylation sites (N-methyl/N-ethyl adjacent to an activating group) is 1. The van der Waals surface area contributed by atoms with Crippen molar-refractivity contribution in [2.45, 2.75) is 57.9 Å². The normalized spacial score (nSPS) is 17.7. The highest BCUT2D eigenvalue weighted by Crippen LogP contribution is 2.30. The first-order valence-corrected chi connectivity index (χ1v) is 8.66. The molecule has 0 amide bonds. The summed E-state index contributed by atoms with van der Waals surface area (Å²) < 4.78 is 5.48. The van der Waals surface area contributed by atoms with E-state index in [-0.39, 0.29) is 0 Å². The minimum atomic E-state index is 0.519. The van der Waals surface area contributed by atoms with Gasteiger partial charge in [-0.2, -0.15) is 0 Å². The first-order chi connectivity index (χ1) is 10.2. The van der Waals surface area contributed by atoms with E-state index in [1.165, 1.54) is 44.1 Å². The summed E-state index contributed by atoms with van der Waals surface area (Å²) in [6, 6.07) is 6.44. The van der Waals surface area contributed by atoms with Crippen LogP contribution < -0.4 is 10.1 Å². The second kappa shape index (κ2) is 8.65. The van der Waals surface area contributed by atoms with Crippen LogP contribution in [-0.2, 0) is 6.42 Å². The number of rotatable bonds is 7. The van der Waals surface area contributed by atoms with Crippen LogP contribution in [0.1, 0.15) is 51.0 Å². The quantitative estimate of drug-likeness (QED) is 0.778. The van der Waals surface area contributed by atoms with Gasteiger partial charge in [-0.15, -0.1) is 0 Å². The summed E-state index contributed by atoms with van der Waals surface area (Å²) >= 11 is 6.15. The molecular weight excluding hydrogens is 282 g/mol. The number of ether oxygens (including phenoxy) is 1. The molecule has 1 atom stereocenters. The van der Waals surface area contributed by atoms with E-state index < -0.39 is 0 Å². The molecule has 0 aliphatic heterocycles. The lowest BCUT2D eigenvalue weighted by Crippen LogP contribution is -2.33. The van der Waals surface area contributed by atoms with Crippen LogP contribution in [-0.4, -0.2) is 19.7 Å². The standard InChI is InChI=1S/C18H28ClNO/c1-3-20-17(11-14-7-5-4-6-8-14)13-15-12-16(19)9-10-18(15)21-2/h9-10,12,14,17,20H,3-8,11,13H2,1-2H3. The van der Waals surface area contributed by atoms with Crippen LogP contribution in [0.15, 0.2) is 18.2 Å². The zero-order chi connectivity index (χ0) is 15.1. The van der Waals surface area contributed by atoms with Crippen LogP contribution >= 0.6 is 11.6 Å². The average Bonchev–Trinajstić information content (AvgIpc) is 2.49. The third kappa shape index (κ3) is 5.19. The maximum Gasteiger partial charge on any atom is 0.122 e. The van der Waals surface area contributed by atoms with Crippen molar-refractivity contribution in [1.29, 1.82) is 0 Å². The fourth-order valence-electron chi connectivity index (χ4n) is 3.52. The topological polar surface area (TPSA) is 21.3 Å². The molecule has 1 saturated carbocycles. The van der Waals surface area contributed by atoms with E-state index in [0.717, 1.165) is 29.7 Å². The van der Waals surface area contributed by atoms with Gasteiger partial charge < -0.3 is 10.1 Å². The van der Waals surface area contributed by atoms with Crippen LogP contribution in [0.25, 0.3) is 0 Å². The van der Waals surface area contributed by atoms with Gasteiger partial charge in [0.2, 0.25) is 0 Å². The van der Waals surface area contributed by atoms with Gasteiger partial charge in [0.05, 0.1) is 7.11 Å². The molecule has 0 bridgehead atoms. The summed E-state index contributed by atoms with van der Waals surface area (Å²) in [6.45, 7) is 3.20. The van der Waals surface area contributed by atoms with E-state index in [9.17, 15) is 0 Å². The van der Waals surface area contributed by atoms with E-state index >= 15 is 0 Å². The number of benzene rings is 1. The molecule has 1 aromatic rings. The van der Waals surface area contributed by atoms with Gasteiger partial charge in [-0.25, -0.2) is 0 Å². The predicted molar refractivity (Wildman–Crippen MR) is 90.4 cm³/mol. The second-order valence-electron chi connectivity index (χ2n) is 6.15. The molecule has 21 heavy (non-hydrogen) atoms. The summed E-state index contributed by atoms with van der Waals surface area (Å²) in [5, 5.41) is 4.44. The van der Waals surface area contributed by atoms with Crippen molar-refractivity contribution in [2.24, 2.45) is 5.92 Å². The van der Waals surface area contributed by atoms with Gasteiger partial charge in [-0.3, -0.25) is 0 Å². The van der Waals surface area contributed by atoms with E-state index in [2.05, 4.69) is 12.2 Å². The summed E-state index contributed by atoms with van der Waals surface area (Å²) in [5.74, 6) is 1.83. The van der Waals surface area contributed by atoms with Crippen LogP contribution in [0.5, 0.6) is 5.75 Å². The first-order valence-electron chi connectivity index (χ1n) is 8.28. The molecule has 1 N–H and O–H groups in total. The molecule has 1 aliphatic rings. The molecule has 1 aromatic carbocycles. The molecule has 1 fully saturated rings. The van der Waals surface area contributed by atoms with Gasteiger partial charge in [0.15, 0.2) is 0 Å². The Morgan fingerprint density at radius 2 is 2.05 bits per heavy atom. The van der Waals surface area contributed by atoms with Gasteiger partial charge in [0.25, 0.3) is 0 Å². The minimum absolute atomic E-state index is 0.519. The van der Waals surface area contributed by atoms with Crippen molar-refractivity contribution < 1.29 is 4.74 Å². The average molecular weight is 310 g/mol. The Hall–Kier alpha value is -0.730. The van der Waals surface area contributed by atoms with Gasteiger partial charge in [0.1, 0.15) is 5.75 Å². The van der Waals surface area contributed by atoms with Gasteiger partial charge in [0, 0.05) is 11.1 Å². The summed E-state index contributed by atoms with van der Waals surface area (Å²) in [6.07, 6.45) is 9.29. The van der Waals surface area contributed by atoms with Crippen molar-refractivity contribution in [3.63, 3.8) is 0 Å². The lowest BCUT2D eigenvalue weighted by atomic mass is 9.83. The molecule has 1 unspecified atom stereocenters. The number of nitrogens with one attached hydrogen (secondary N) is 1. The summed E-state index contributed by atoms with van der Waals surface area (Å²) in [7, 11) is 1.73. The first kappa shape index (κ1) is 16.6. The molecule has 2 nitrogen and oxygen atoms in total. The molecule has 3 heteroatoms. The molecule has 0 saturated heterocycles. The van der Waals surface area contributed by atoms with E-state index in [0.29, 0.717) is 6.04 Å². The van der Waals surface area contributed by atoms with Crippen molar-refractivity contribution in [3.8, 4) is 5.75 Å². The third-order valence-corrected chi connectivity index (χ3v) is 4.78. The molecule has 0 heterocycles. The van der Waals surface area contributed by atoms with Gasteiger partial charge in [-0.1, -0.05) is 50.6 Å². The molecule has 118 valence electrons. The Labute approximate surface area is 134 Å². The SMILES string of the molecule is CCNC(Cc1cc(Cl)ccc1OC)CC1CCCCC1. The van der Waals surface area contributed by atoms with Crippen LogP contribution in [0, 0.1) is 5.92 Å². The minimum Gasteiger partial charge on any atom is -0.496 e. The van der Waals surface area contributed by atoms with Crippen molar-refractivity contribution in [2.75, 3.05) is 13.7 Å². The second-order valence-corrected chi connectivity index (χ2v) is 6.59. The van der Waals surface area contributed by atoms with Gasteiger partial charge in [-0.05, 0) is 49.1 Å². The molecule has 0 spiro atoms. The number of halogens is 1. The van der Waals surface area contributed by atoms with E-state index in [4.69, 9.17) is 16.3 Å². The predicted octanol–water partition coefficient (Wildman–Crippen LogP) is 4.84. The molecule has 0 aromatic heterocycles. The smallest absolute Gasteiger partial charge is 0.122 e. The zero-order valence-corrected chi connectivity index (χ0v) is 14.1. The number of hydrogen-bond acceptors (Lipinski definition) is 2. The molecule has 2 rings (SSSR count). The van der Waals surface area contributed by atoms with Crippen molar-refractivity contribution >= 4 is 11.6 Å². The Kier molecular flexibility index (Phi) is 6.85. The Balaban J connectivity index is 2.02. The Morgan fingerprint density at radius 3 is 2.71 bits per heavy atom. The van der Waals surface area contributed by atoms with Crippen LogP contribution in [0.2, 0.25) is 5.02 Å². The highest BCUT2D eigenvalue weighted by molar-refractivity contribution is 6.30. The monoisotopic (exact) mass is 309 g/mol. The lowest BCUT2D eigenvalue weighted by molar-refractivity contribution is 0.297. The third-order valence-electron chi connectivity index (χ3n) is 4.54. The Bertz CT molecular complexity index is 429. The lowest BCUT2D eigenvalue weighted by Gasteiger charge is -2.27. The van der Waals surface area contributed by atoms with Crippen molar-refractivity contribution in [3.05, 3.63) is 28.8 Å². The summed E-state index contributed by atoms with van der Waals surface area (Å²) in [4.78, 5) is 0. The maximum absolute atomic E-state index is 6.15. The number of hydrogen-bond donors (Lipinski definition) is 1. The maximum atomic E-state index is 6.15. The summed E-state index contributed by atoms with van der Waals surface area (Å²) in [5.41, 5.74) is 1.21. The van der Waals surface area contributed by atoms with E-state index in [1.807, 2.05) is 18.2 Å². The van der Waals surface area contributed by atoms with Crippen LogP contribution in [0.3, 0.4) is 0 Å². The fraction of sp³-hybridized carbons (Fsp3) is 0.667. The highest BCUT2D eigenvalue weighted by atomic mass is 35.5. The van der Waals surface area contributed by atoms with Gasteiger partial charge >= 0.3 is 0 Å². The zero-order valence-electron chi connectivity index (χ0n) is 13.3. The Morgan fingerprint density at radius 1 is 1.29 bits per heavy atom. The van der Waals surface area contributed by atoms with Crippen molar-refractivity contribution in [1.82, 2.24) is 5.32 Å². The number of methoxy groups -OCH3 is 1. The fourth-order valence-corrected chi connectivity index (χ4v) is 3.72. The molecule has 1 aliphatic carbocycles. The molecular formula is C18H28ClNO. The largest absolute Gasteiger partial charge is 0.496 e.